The zero-order valence-electron chi connectivity index (χ0n) is 12.7. The molecule has 0 atom stereocenters. The number of benzene rings is 2. The predicted octanol–water partition coefficient (Wildman–Crippen LogP) is 3.34. The van der Waals surface area contributed by atoms with Crippen LogP contribution in [0.2, 0.25) is 0 Å². The fraction of sp³-hybridized carbons (Fsp3) is 0.222. The van der Waals surface area contributed by atoms with Crippen LogP contribution in [0, 0.1) is 0 Å². The summed E-state index contributed by atoms with van der Waals surface area (Å²) in [6.07, 6.45) is 1.08. The normalized spacial score (nSPS) is 9.91. The van der Waals surface area contributed by atoms with Crippen molar-refractivity contribution in [2.24, 2.45) is 0 Å². The molecule has 0 saturated heterocycles. The summed E-state index contributed by atoms with van der Waals surface area (Å²) in [6, 6.07) is 17.3. The van der Waals surface area contributed by atoms with Gasteiger partial charge < -0.3 is 19.6 Å². The molecular weight excluding hydrogens is 294 g/mol. The van der Waals surface area contributed by atoms with Crippen LogP contribution in [0.15, 0.2) is 54.6 Å². The van der Waals surface area contributed by atoms with Gasteiger partial charge in [0.25, 0.3) is 0 Å². The molecule has 0 radical (unpaired) electrons. The van der Waals surface area contributed by atoms with Crippen LogP contribution in [0.3, 0.4) is 0 Å². The highest BCUT2D eigenvalue weighted by Gasteiger charge is 2.02. The standard InChI is InChI=1S/C18H19NO4/c20-12-5-13-22-18(21)19-11-10-15-6-4-9-17(14-15)23-16-7-2-1-3-8-16/h1-4,6-9,12,14H,5,10-11,13H2,(H,19,21). The van der Waals surface area contributed by atoms with E-state index in [1.807, 2.05) is 54.6 Å². The molecule has 0 aliphatic heterocycles. The average Bonchev–Trinajstić information content (AvgIpc) is 2.56. The monoisotopic (exact) mass is 313 g/mol. The van der Waals surface area contributed by atoms with Crippen molar-refractivity contribution < 1.29 is 19.1 Å². The molecule has 23 heavy (non-hydrogen) atoms. The van der Waals surface area contributed by atoms with E-state index in [-0.39, 0.29) is 13.0 Å². The third-order valence-electron chi connectivity index (χ3n) is 3.03. The lowest BCUT2D eigenvalue weighted by Gasteiger charge is -2.08. The molecule has 120 valence electrons. The van der Waals surface area contributed by atoms with E-state index in [0.717, 1.165) is 17.1 Å². The van der Waals surface area contributed by atoms with E-state index in [1.54, 1.807) is 0 Å². The zero-order chi connectivity index (χ0) is 16.3. The Morgan fingerprint density at radius 1 is 1.04 bits per heavy atom. The number of alkyl carbamates (subject to hydrolysis) is 1. The number of rotatable bonds is 8. The molecule has 2 aromatic rings. The Morgan fingerprint density at radius 2 is 1.83 bits per heavy atom. The first-order chi connectivity index (χ1) is 11.3. The maximum absolute atomic E-state index is 11.3. The Balaban J connectivity index is 1.79. The first-order valence-electron chi connectivity index (χ1n) is 7.44. The van der Waals surface area contributed by atoms with E-state index in [4.69, 9.17) is 9.47 Å². The predicted molar refractivity (Wildman–Crippen MR) is 86.7 cm³/mol. The van der Waals surface area contributed by atoms with Crippen LogP contribution < -0.4 is 10.1 Å². The number of ether oxygens (including phenoxy) is 2. The SMILES string of the molecule is O=CCCOC(=O)NCCc1cccc(Oc2ccccc2)c1. The van der Waals surface area contributed by atoms with Gasteiger partial charge in [-0.05, 0) is 36.2 Å². The first-order valence-corrected chi connectivity index (χ1v) is 7.44. The average molecular weight is 313 g/mol. The Labute approximate surface area is 135 Å². The topological polar surface area (TPSA) is 64.6 Å². The summed E-state index contributed by atoms with van der Waals surface area (Å²) in [5, 5.41) is 2.64. The number of hydrogen-bond donors (Lipinski definition) is 1. The van der Waals surface area contributed by atoms with Crippen molar-refractivity contribution in [3.63, 3.8) is 0 Å². The second kappa shape index (κ2) is 9.25. The molecule has 1 amide bonds. The molecule has 0 spiro atoms. The maximum atomic E-state index is 11.3. The molecule has 0 fully saturated rings. The minimum Gasteiger partial charge on any atom is -0.457 e. The molecule has 0 unspecified atom stereocenters. The summed E-state index contributed by atoms with van der Waals surface area (Å²) in [5.41, 5.74) is 1.05. The number of carbonyl (C=O) groups excluding carboxylic acids is 2. The number of amides is 1. The Kier molecular flexibility index (Phi) is 6.65. The highest BCUT2D eigenvalue weighted by Crippen LogP contribution is 2.21. The largest absolute Gasteiger partial charge is 0.457 e. The summed E-state index contributed by atoms with van der Waals surface area (Å²) in [6.45, 7) is 0.560. The Bertz CT molecular complexity index is 628. The lowest BCUT2D eigenvalue weighted by molar-refractivity contribution is -0.108. The van der Waals surface area contributed by atoms with Gasteiger partial charge in [0.2, 0.25) is 0 Å². The highest BCUT2D eigenvalue weighted by molar-refractivity contribution is 5.67. The van der Waals surface area contributed by atoms with Crippen LogP contribution in [-0.2, 0) is 16.0 Å². The molecule has 0 aliphatic carbocycles. The zero-order valence-corrected chi connectivity index (χ0v) is 12.7. The highest BCUT2D eigenvalue weighted by atomic mass is 16.5. The van der Waals surface area contributed by atoms with Gasteiger partial charge in [-0.2, -0.15) is 0 Å². The quantitative estimate of drug-likeness (QED) is 0.599. The van der Waals surface area contributed by atoms with E-state index >= 15 is 0 Å². The van der Waals surface area contributed by atoms with Crippen LogP contribution in [0.5, 0.6) is 11.5 Å². The smallest absolute Gasteiger partial charge is 0.407 e. The van der Waals surface area contributed by atoms with Crippen molar-refractivity contribution in [1.29, 1.82) is 0 Å². The van der Waals surface area contributed by atoms with Crippen molar-refractivity contribution in [1.82, 2.24) is 5.32 Å². The van der Waals surface area contributed by atoms with E-state index < -0.39 is 6.09 Å². The summed E-state index contributed by atoms with van der Waals surface area (Å²) >= 11 is 0. The summed E-state index contributed by atoms with van der Waals surface area (Å²) in [7, 11) is 0. The molecule has 0 bridgehead atoms. The number of aldehydes is 1. The van der Waals surface area contributed by atoms with E-state index in [9.17, 15) is 9.59 Å². The molecular formula is C18H19NO4. The second-order valence-electron chi connectivity index (χ2n) is 4.83. The molecule has 0 saturated carbocycles. The molecule has 0 heterocycles. The van der Waals surface area contributed by atoms with Crippen LogP contribution in [-0.4, -0.2) is 25.5 Å². The molecule has 5 heteroatoms. The lowest BCUT2D eigenvalue weighted by atomic mass is 10.1. The van der Waals surface area contributed by atoms with Crippen LogP contribution >= 0.6 is 0 Å². The van der Waals surface area contributed by atoms with Gasteiger partial charge in [0.15, 0.2) is 0 Å². The minimum atomic E-state index is -0.511. The van der Waals surface area contributed by atoms with Crippen molar-refractivity contribution in [2.75, 3.05) is 13.2 Å². The molecule has 2 rings (SSSR count). The van der Waals surface area contributed by atoms with Gasteiger partial charge in [-0.3, -0.25) is 0 Å². The summed E-state index contributed by atoms with van der Waals surface area (Å²) in [5.74, 6) is 1.53. The van der Waals surface area contributed by atoms with Crippen LogP contribution in [0.4, 0.5) is 4.79 Å². The molecule has 5 nitrogen and oxygen atoms in total. The molecule has 2 aromatic carbocycles. The summed E-state index contributed by atoms with van der Waals surface area (Å²) in [4.78, 5) is 21.5. The fourth-order valence-electron chi connectivity index (χ4n) is 1.95. The minimum absolute atomic E-state index is 0.107. The summed E-state index contributed by atoms with van der Waals surface area (Å²) < 4.78 is 10.6. The molecule has 0 aliphatic rings. The molecule has 0 aromatic heterocycles. The van der Waals surface area contributed by atoms with Crippen molar-refractivity contribution in [3.8, 4) is 11.5 Å². The van der Waals surface area contributed by atoms with Gasteiger partial charge in [0.1, 0.15) is 17.8 Å². The van der Waals surface area contributed by atoms with Crippen molar-refractivity contribution >= 4 is 12.4 Å². The van der Waals surface area contributed by atoms with Crippen LogP contribution in [0.1, 0.15) is 12.0 Å². The number of hydrogen-bond acceptors (Lipinski definition) is 4. The van der Waals surface area contributed by atoms with Crippen molar-refractivity contribution in [2.45, 2.75) is 12.8 Å². The van der Waals surface area contributed by atoms with Gasteiger partial charge in [0, 0.05) is 13.0 Å². The van der Waals surface area contributed by atoms with E-state index in [2.05, 4.69) is 5.32 Å². The number of para-hydroxylation sites is 1. The Morgan fingerprint density at radius 3 is 2.61 bits per heavy atom. The van der Waals surface area contributed by atoms with Gasteiger partial charge in [-0.25, -0.2) is 4.79 Å². The maximum Gasteiger partial charge on any atom is 0.407 e. The lowest BCUT2D eigenvalue weighted by Crippen LogP contribution is -2.26. The van der Waals surface area contributed by atoms with Gasteiger partial charge in [-0.1, -0.05) is 30.3 Å². The van der Waals surface area contributed by atoms with Gasteiger partial charge in [-0.15, -0.1) is 0 Å². The Hall–Kier alpha value is -2.82. The van der Waals surface area contributed by atoms with E-state index in [0.29, 0.717) is 19.3 Å². The number of carbonyl (C=O) groups is 2. The first kappa shape index (κ1) is 16.5. The third kappa shape index (κ3) is 6.22. The van der Waals surface area contributed by atoms with Crippen molar-refractivity contribution in [3.05, 3.63) is 60.2 Å². The molecule has 1 N–H and O–H groups in total. The van der Waals surface area contributed by atoms with E-state index in [1.165, 1.54) is 0 Å². The number of nitrogens with one attached hydrogen (secondary N) is 1. The third-order valence-corrected chi connectivity index (χ3v) is 3.03. The van der Waals surface area contributed by atoms with Gasteiger partial charge in [0.05, 0.1) is 6.61 Å². The van der Waals surface area contributed by atoms with Crippen LogP contribution in [0.25, 0.3) is 0 Å². The fourth-order valence-corrected chi connectivity index (χ4v) is 1.95. The second-order valence-corrected chi connectivity index (χ2v) is 4.83. The van der Waals surface area contributed by atoms with Gasteiger partial charge >= 0.3 is 6.09 Å².